The zero-order valence-corrected chi connectivity index (χ0v) is 15.3. The van der Waals surface area contributed by atoms with Gasteiger partial charge in [-0.15, -0.1) is 11.3 Å². The van der Waals surface area contributed by atoms with Crippen LogP contribution in [0.3, 0.4) is 0 Å². The number of hydrogen-bond donors (Lipinski definition) is 2. The highest BCUT2D eigenvalue weighted by Crippen LogP contribution is 2.26. The fourth-order valence-electron chi connectivity index (χ4n) is 2.63. The first-order chi connectivity index (χ1) is 12.6. The Bertz CT molecular complexity index is 859. The predicted molar refractivity (Wildman–Crippen MR) is 104 cm³/mol. The van der Waals surface area contributed by atoms with Crippen molar-refractivity contribution >= 4 is 23.2 Å². The Balaban J connectivity index is 1.75. The summed E-state index contributed by atoms with van der Waals surface area (Å²) >= 11 is 1.62. The van der Waals surface area contributed by atoms with Gasteiger partial charge in [0.1, 0.15) is 0 Å². The second kappa shape index (κ2) is 8.45. The SMILES string of the molecule is CC(=O)NCc1ccc(C(=O)NC(c2ccccc2)c2cccs2)cc1. The molecule has 0 saturated carbocycles. The monoisotopic (exact) mass is 364 g/mol. The maximum atomic E-state index is 12.7. The summed E-state index contributed by atoms with van der Waals surface area (Å²) in [5, 5.41) is 7.88. The molecule has 0 aliphatic rings. The topological polar surface area (TPSA) is 58.2 Å². The van der Waals surface area contributed by atoms with E-state index < -0.39 is 0 Å². The maximum absolute atomic E-state index is 12.7. The smallest absolute Gasteiger partial charge is 0.252 e. The standard InChI is InChI=1S/C21H20N2O2S/c1-15(24)22-14-16-9-11-18(12-10-16)21(25)23-20(19-8-5-13-26-19)17-6-3-2-4-7-17/h2-13,20H,14H2,1H3,(H,22,24)(H,23,25). The Labute approximate surface area is 156 Å². The highest BCUT2D eigenvalue weighted by atomic mass is 32.1. The summed E-state index contributed by atoms with van der Waals surface area (Å²) in [4.78, 5) is 24.8. The van der Waals surface area contributed by atoms with Crippen molar-refractivity contribution in [3.8, 4) is 0 Å². The van der Waals surface area contributed by atoms with Crippen LogP contribution in [0.25, 0.3) is 0 Å². The molecule has 26 heavy (non-hydrogen) atoms. The van der Waals surface area contributed by atoms with E-state index >= 15 is 0 Å². The molecule has 2 amide bonds. The molecule has 2 aromatic carbocycles. The van der Waals surface area contributed by atoms with Crippen molar-refractivity contribution in [2.45, 2.75) is 19.5 Å². The van der Waals surface area contributed by atoms with Gasteiger partial charge in [-0.25, -0.2) is 0 Å². The molecule has 0 bridgehead atoms. The molecule has 1 aromatic heterocycles. The molecule has 3 rings (SSSR count). The third kappa shape index (κ3) is 4.58. The lowest BCUT2D eigenvalue weighted by atomic mass is 10.0. The largest absolute Gasteiger partial charge is 0.352 e. The van der Waals surface area contributed by atoms with Gasteiger partial charge in [0.15, 0.2) is 0 Å². The molecule has 0 spiro atoms. The van der Waals surface area contributed by atoms with E-state index in [2.05, 4.69) is 10.6 Å². The summed E-state index contributed by atoms with van der Waals surface area (Å²) in [5.74, 6) is -0.202. The molecule has 0 fully saturated rings. The minimum absolute atomic E-state index is 0.0755. The molecule has 1 atom stereocenters. The lowest BCUT2D eigenvalue weighted by Crippen LogP contribution is -2.28. The van der Waals surface area contributed by atoms with Gasteiger partial charge in [0.25, 0.3) is 5.91 Å². The fourth-order valence-corrected chi connectivity index (χ4v) is 3.44. The van der Waals surface area contributed by atoms with Gasteiger partial charge in [0.05, 0.1) is 6.04 Å². The predicted octanol–water partition coefficient (Wildman–Crippen LogP) is 3.90. The van der Waals surface area contributed by atoms with E-state index in [1.165, 1.54) is 6.92 Å². The number of benzene rings is 2. The number of carbonyl (C=O) groups excluding carboxylic acids is 2. The van der Waals surface area contributed by atoms with Gasteiger partial charge in [0.2, 0.25) is 5.91 Å². The van der Waals surface area contributed by atoms with Gasteiger partial charge in [0, 0.05) is 23.9 Å². The molecular weight excluding hydrogens is 344 g/mol. The average molecular weight is 364 g/mol. The zero-order valence-electron chi connectivity index (χ0n) is 14.4. The van der Waals surface area contributed by atoms with Gasteiger partial charge >= 0.3 is 0 Å². The molecular formula is C21H20N2O2S. The summed E-state index contributed by atoms with van der Waals surface area (Å²) in [5.41, 5.74) is 2.59. The third-order valence-electron chi connectivity index (χ3n) is 3.99. The van der Waals surface area contributed by atoms with Crippen LogP contribution in [0.2, 0.25) is 0 Å². The summed E-state index contributed by atoms with van der Waals surface area (Å²) in [7, 11) is 0. The number of hydrogen-bond acceptors (Lipinski definition) is 3. The minimum atomic E-state index is -0.178. The molecule has 3 aromatic rings. The van der Waals surface area contributed by atoms with Gasteiger partial charge in [-0.3, -0.25) is 9.59 Å². The van der Waals surface area contributed by atoms with Crippen LogP contribution in [0.5, 0.6) is 0 Å². The second-order valence-electron chi connectivity index (χ2n) is 5.94. The summed E-state index contributed by atoms with van der Waals surface area (Å²) < 4.78 is 0. The van der Waals surface area contributed by atoms with Crippen molar-refractivity contribution in [3.63, 3.8) is 0 Å². The van der Waals surface area contributed by atoms with Crippen molar-refractivity contribution in [3.05, 3.63) is 93.7 Å². The van der Waals surface area contributed by atoms with Gasteiger partial charge < -0.3 is 10.6 Å². The lowest BCUT2D eigenvalue weighted by molar-refractivity contribution is -0.119. The Kier molecular flexibility index (Phi) is 5.81. The number of rotatable bonds is 6. The molecule has 1 unspecified atom stereocenters. The van der Waals surface area contributed by atoms with E-state index in [4.69, 9.17) is 0 Å². The van der Waals surface area contributed by atoms with Crippen molar-refractivity contribution in [1.29, 1.82) is 0 Å². The van der Waals surface area contributed by atoms with E-state index in [-0.39, 0.29) is 17.9 Å². The zero-order chi connectivity index (χ0) is 18.4. The summed E-state index contributed by atoms with van der Waals surface area (Å²) in [6, 6.07) is 21.0. The molecule has 2 N–H and O–H groups in total. The van der Waals surface area contributed by atoms with Crippen LogP contribution < -0.4 is 10.6 Å². The molecule has 132 valence electrons. The molecule has 1 heterocycles. The van der Waals surface area contributed by atoms with Crippen LogP contribution in [-0.2, 0) is 11.3 Å². The van der Waals surface area contributed by atoms with E-state index in [1.807, 2.05) is 60.0 Å². The first kappa shape index (κ1) is 17.9. The molecule has 4 nitrogen and oxygen atoms in total. The van der Waals surface area contributed by atoms with Crippen molar-refractivity contribution in [2.24, 2.45) is 0 Å². The summed E-state index contributed by atoms with van der Waals surface area (Å²) in [6.45, 7) is 1.94. The van der Waals surface area contributed by atoms with Crippen LogP contribution in [0.1, 0.15) is 39.3 Å². The molecule has 0 saturated heterocycles. The Morgan fingerprint density at radius 2 is 1.69 bits per heavy atom. The van der Waals surface area contributed by atoms with Crippen LogP contribution in [0, 0.1) is 0 Å². The van der Waals surface area contributed by atoms with Crippen molar-refractivity contribution in [1.82, 2.24) is 10.6 Å². The van der Waals surface area contributed by atoms with Crippen molar-refractivity contribution < 1.29 is 9.59 Å². The van der Waals surface area contributed by atoms with Crippen LogP contribution in [0.4, 0.5) is 0 Å². The number of nitrogens with one attached hydrogen (secondary N) is 2. The van der Waals surface area contributed by atoms with Crippen LogP contribution >= 0.6 is 11.3 Å². The Morgan fingerprint density at radius 3 is 2.31 bits per heavy atom. The van der Waals surface area contributed by atoms with E-state index in [0.717, 1.165) is 16.0 Å². The highest BCUT2D eigenvalue weighted by Gasteiger charge is 2.18. The number of carbonyl (C=O) groups is 2. The lowest BCUT2D eigenvalue weighted by Gasteiger charge is -2.18. The molecule has 0 aliphatic heterocycles. The van der Waals surface area contributed by atoms with Gasteiger partial charge in [-0.05, 0) is 34.7 Å². The average Bonchev–Trinajstić information content (AvgIpc) is 3.20. The first-order valence-corrected chi connectivity index (χ1v) is 9.24. The molecule has 0 aliphatic carbocycles. The van der Waals surface area contributed by atoms with E-state index in [0.29, 0.717) is 12.1 Å². The quantitative estimate of drug-likeness (QED) is 0.697. The first-order valence-electron chi connectivity index (χ1n) is 8.36. The fraction of sp³-hybridized carbons (Fsp3) is 0.143. The van der Waals surface area contributed by atoms with E-state index in [9.17, 15) is 9.59 Å². The third-order valence-corrected chi connectivity index (χ3v) is 4.93. The normalized spacial score (nSPS) is 11.6. The van der Waals surface area contributed by atoms with Crippen LogP contribution in [0.15, 0.2) is 72.1 Å². The van der Waals surface area contributed by atoms with Crippen LogP contribution in [-0.4, -0.2) is 11.8 Å². The number of thiophene rings is 1. The molecule has 5 heteroatoms. The van der Waals surface area contributed by atoms with Gasteiger partial charge in [-0.2, -0.15) is 0 Å². The van der Waals surface area contributed by atoms with Gasteiger partial charge in [-0.1, -0.05) is 48.5 Å². The Morgan fingerprint density at radius 1 is 0.962 bits per heavy atom. The highest BCUT2D eigenvalue weighted by molar-refractivity contribution is 7.10. The minimum Gasteiger partial charge on any atom is -0.352 e. The second-order valence-corrected chi connectivity index (χ2v) is 6.92. The summed E-state index contributed by atoms with van der Waals surface area (Å²) in [6.07, 6.45) is 0. The van der Waals surface area contributed by atoms with E-state index in [1.54, 1.807) is 23.5 Å². The Hall–Kier alpha value is -2.92. The number of amides is 2. The molecule has 0 radical (unpaired) electrons. The maximum Gasteiger partial charge on any atom is 0.252 e. The van der Waals surface area contributed by atoms with Crippen molar-refractivity contribution in [2.75, 3.05) is 0 Å².